The van der Waals surface area contributed by atoms with Crippen molar-refractivity contribution in [3.05, 3.63) is 84.2 Å². The highest BCUT2D eigenvalue weighted by Crippen LogP contribution is 2.23. The molecule has 7 nitrogen and oxygen atoms in total. The molecule has 0 saturated carbocycles. The number of nitrogens with zero attached hydrogens (tertiary/aromatic N) is 4. The topological polar surface area (TPSA) is 96.5 Å². The highest BCUT2D eigenvalue weighted by molar-refractivity contribution is 6.00. The molecule has 0 aliphatic heterocycles. The standard InChI is InChI=1S/C22H20N6O/c1-14-19(13-26-20(27-14)16-7-9-23-10-8-16)15(2)28-22(29)18-6-4-3-5-17(18)21-24-11-12-25-21/h3-13,15H,1-2H3,(H,24,25)(H,28,29). The number of rotatable bonds is 5. The number of nitrogens with one attached hydrogen (secondary N) is 2. The average molecular weight is 384 g/mol. The van der Waals surface area contributed by atoms with Crippen molar-refractivity contribution in [1.82, 2.24) is 30.2 Å². The van der Waals surface area contributed by atoms with Gasteiger partial charge in [-0.3, -0.25) is 9.78 Å². The number of imidazole rings is 1. The van der Waals surface area contributed by atoms with Gasteiger partial charge in [0, 0.05) is 53.4 Å². The van der Waals surface area contributed by atoms with Crippen LogP contribution in [0.5, 0.6) is 0 Å². The first-order valence-electron chi connectivity index (χ1n) is 9.27. The summed E-state index contributed by atoms with van der Waals surface area (Å²) in [5.41, 5.74) is 3.90. The number of hydrogen-bond acceptors (Lipinski definition) is 5. The molecular formula is C22H20N6O. The number of amides is 1. The Labute approximate surface area is 168 Å². The van der Waals surface area contributed by atoms with Gasteiger partial charge >= 0.3 is 0 Å². The van der Waals surface area contributed by atoms with Crippen LogP contribution in [-0.4, -0.2) is 30.8 Å². The zero-order chi connectivity index (χ0) is 20.2. The average Bonchev–Trinajstić information content (AvgIpc) is 3.29. The van der Waals surface area contributed by atoms with Gasteiger partial charge in [0.25, 0.3) is 5.91 Å². The van der Waals surface area contributed by atoms with Gasteiger partial charge in [0.15, 0.2) is 5.82 Å². The molecule has 7 heteroatoms. The maximum absolute atomic E-state index is 12.9. The van der Waals surface area contributed by atoms with E-state index in [4.69, 9.17) is 0 Å². The van der Waals surface area contributed by atoms with E-state index in [0.717, 1.165) is 22.4 Å². The van der Waals surface area contributed by atoms with Crippen molar-refractivity contribution >= 4 is 5.91 Å². The maximum Gasteiger partial charge on any atom is 0.252 e. The molecule has 1 aromatic carbocycles. The third-order valence-corrected chi connectivity index (χ3v) is 4.69. The van der Waals surface area contributed by atoms with Crippen molar-refractivity contribution in [2.75, 3.05) is 0 Å². The van der Waals surface area contributed by atoms with E-state index in [0.29, 0.717) is 17.2 Å². The molecule has 0 saturated heterocycles. The van der Waals surface area contributed by atoms with Crippen LogP contribution < -0.4 is 5.32 Å². The van der Waals surface area contributed by atoms with Gasteiger partial charge in [0.1, 0.15) is 5.82 Å². The van der Waals surface area contributed by atoms with Gasteiger partial charge in [0.05, 0.1) is 11.6 Å². The van der Waals surface area contributed by atoms with Gasteiger partial charge < -0.3 is 10.3 Å². The second kappa shape index (κ2) is 8.02. The van der Waals surface area contributed by atoms with Crippen molar-refractivity contribution in [1.29, 1.82) is 0 Å². The molecule has 144 valence electrons. The molecule has 4 rings (SSSR count). The Morgan fingerprint density at radius 1 is 1.07 bits per heavy atom. The Bertz CT molecular complexity index is 1130. The van der Waals surface area contributed by atoms with E-state index in [1.807, 2.05) is 44.2 Å². The quantitative estimate of drug-likeness (QED) is 0.546. The fourth-order valence-corrected chi connectivity index (χ4v) is 3.19. The lowest BCUT2D eigenvalue weighted by molar-refractivity contribution is 0.0940. The number of carbonyl (C=O) groups is 1. The van der Waals surface area contributed by atoms with Crippen molar-refractivity contribution in [2.45, 2.75) is 19.9 Å². The predicted molar refractivity (Wildman–Crippen MR) is 110 cm³/mol. The molecular weight excluding hydrogens is 364 g/mol. The van der Waals surface area contributed by atoms with E-state index in [1.54, 1.807) is 37.1 Å². The van der Waals surface area contributed by atoms with E-state index in [-0.39, 0.29) is 11.9 Å². The smallest absolute Gasteiger partial charge is 0.252 e. The Hall–Kier alpha value is -3.87. The summed E-state index contributed by atoms with van der Waals surface area (Å²) in [4.78, 5) is 33.3. The van der Waals surface area contributed by atoms with Crippen molar-refractivity contribution in [3.8, 4) is 22.8 Å². The summed E-state index contributed by atoms with van der Waals surface area (Å²) in [5, 5.41) is 3.04. The highest BCUT2D eigenvalue weighted by atomic mass is 16.1. The third-order valence-electron chi connectivity index (χ3n) is 4.69. The number of aryl methyl sites for hydroxylation is 1. The molecule has 0 aliphatic carbocycles. The molecule has 3 aromatic heterocycles. The number of aromatic nitrogens is 5. The van der Waals surface area contributed by atoms with Crippen LogP contribution in [0.15, 0.2) is 67.4 Å². The zero-order valence-electron chi connectivity index (χ0n) is 16.1. The van der Waals surface area contributed by atoms with Crippen molar-refractivity contribution in [2.24, 2.45) is 0 Å². The summed E-state index contributed by atoms with van der Waals surface area (Å²) in [7, 11) is 0. The van der Waals surface area contributed by atoms with Crippen molar-refractivity contribution in [3.63, 3.8) is 0 Å². The van der Waals surface area contributed by atoms with E-state index in [2.05, 4.69) is 30.2 Å². The lowest BCUT2D eigenvalue weighted by Crippen LogP contribution is -2.28. The minimum absolute atomic E-state index is 0.179. The fourth-order valence-electron chi connectivity index (χ4n) is 3.19. The number of benzene rings is 1. The van der Waals surface area contributed by atoms with E-state index < -0.39 is 0 Å². The number of H-pyrrole nitrogens is 1. The first kappa shape index (κ1) is 18.5. The second-order valence-corrected chi connectivity index (χ2v) is 6.65. The molecule has 1 unspecified atom stereocenters. The summed E-state index contributed by atoms with van der Waals surface area (Å²) < 4.78 is 0. The molecule has 3 heterocycles. The predicted octanol–water partition coefficient (Wildman–Crippen LogP) is 3.73. The summed E-state index contributed by atoms with van der Waals surface area (Å²) >= 11 is 0. The number of pyridine rings is 1. The number of aromatic amines is 1. The van der Waals surface area contributed by atoms with E-state index in [1.165, 1.54) is 0 Å². The minimum atomic E-state index is -0.251. The molecule has 1 atom stereocenters. The van der Waals surface area contributed by atoms with Crippen LogP contribution in [-0.2, 0) is 0 Å². The van der Waals surface area contributed by atoms with Crippen LogP contribution in [0, 0.1) is 6.92 Å². The summed E-state index contributed by atoms with van der Waals surface area (Å²) in [6.07, 6.45) is 8.58. The number of hydrogen-bond donors (Lipinski definition) is 2. The van der Waals surface area contributed by atoms with Crippen LogP contribution >= 0.6 is 0 Å². The Morgan fingerprint density at radius 3 is 2.59 bits per heavy atom. The van der Waals surface area contributed by atoms with E-state index >= 15 is 0 Å². The van der Waals surface area contributed by atoms with Crippen molar-refractivity contribution < 1.29 is 4.79 Å². The summed E-state index contributed by atoms with van der Waals surface area (Å²) in [6.45, 7) is 3.84. The molecule has 1 amide bonds. The SMILES string of the molecule is Cc1nc(-c2ccncc2)ncc1C(C)NC(=O)c1ccccc1-c1ncc[nH]1. The molecule has 0 radical (unpaired) electrons. The third kappa shape index (κ3) is 3.89. The largest absolute Gasteiger partial charge is 0.345 e. The van der Waals surface area contributed by atoms with Crippen LogP contribution in [0.2, 0.25) is 0 Å². The molecule has 0 fully saturated rings. The molecule has 2 N–H and O–H groups in total. The van der Waals surface area contributed by atoms with Crippen LogP contribution in [0.25, 0.3) is 22.8 Å². The number of carbonyl (C=O) groups excluding carboxylic acids is 1. The first-order valence-corrected chi connectivity index (χ1v) is 9.27. The van der Waals surface area contributed by atoms with Gasteiger partial charge in [-0.25, -0.2) is 15.0 Å². The van der Waals surface area contributed by atoms with Gasteiger partial charge in [0.2, 0.25) is 0 Å². The monoisotopic (exact) mass is 384 g/mol. The highest BCUT2D eigenvalue weighted by Gasteiger charge is 2.18. The molecule has 4 aromatic rings. The molecule has 0 bridgehead atoms. The van der Waals surface area contributed by atoms with Gasteiger partial charge in [-0.1, -0.05) is 18.2 Å². The lowest BCUT2D eigenvalue weighted by Gasteiger charge is -2.17. The van der Waals surface area contributed by atoms with Gasteiger partial charge in [-0.2, -0.15) is 0 Å². The Morgan fingerprint density at radius 2 is 1.86 bits per heavy atom. The normalized spacial score (nSPS) is 11.8. The van der Waals surface area contributed by atoms with E-state index in [9.17, 15) is 4.79 Å². The first-order chi connectivity index (χ1) is 14.1. The summed E-state index contributed by atoms with van der Waals surface area (Å²) in [5.74, 6) is 1.11. The maximum atomic E-state index is 12.9. The zero-order valence-corrected chi connectivity index (χ0v) is 16.1. The van der Waals surface area contributed by atoms with Crippen LogP contribution in [0.1, 0.15) is 34.6 Å². The van der Waals surface area contributed by atoms with Gasteiger partial charge in [-0.15, -0.1) is 0 Å². The molecule has 0 spiro atoms. The Balaban J connectivity index is 1.56. The Kier molecular flexibility index (Phi) is 5.11. The lowest BCUT2D eigenvalue weighted by atomic mass is 10.0. The minimum Gasteiger partial charge on any atom is -0.345 e. The summed E-state index contributed by atoms with van der Waals surface area (Å²) in [6, 6.07) is 10.9. The molecule has 29 heavy (non-hydrogen) atoms. The molecule has 0 aliphatic rings. The van der Waals surface area contributed by atoms with Crippen LogP contribution in [0.4, 0.5) is 0 Å². The fraction of sp³-hybridized carbons (Fsp3) is 0.136. The van der Waals surface area contributed by atoms with Crippen LogP contribution in [0.3, 0.4) is 0 Å². The van der Waals surface area contributed by atoms with Gasteiger partial charge in [-0.05, 0) is 32.0 Å². The second-order valence-electron chi connectivity index (χ2n) is 6.65.